The minimum Gasteiger partial charge on any atom is -0.496 e. The molecule has 0 heterocycles. The molecule has 0 saturated carbocycles. The topological polar surface area (TPSA) is 26.3 Å². The Labute approximate surface area is 116 Å². The number of benzene rings is 2. The van der Waals surface area contributed by atoms with Crippen LogP contribution in [-0.2, 0) is 6.42 Å². The number of aryl methyl sites for hydroxylation is 1. The first-order chi connectivity index (χ1) is 9.51. The lowest BCUT2D eigenvalue weighted by molar-refractivity contribution is 0.0990. The van der Waals surface area contributed by atoms with Gasteiger partial charge in [0.05, 0.1) is 12.7 Å². The van der Waals surface area contributed by atoms with Crippen molar-refractivity contribution >= 4 is 5.78 Å². The molecule has 104 valence electrons. The fourth-order valence-electron chi connectivity index (χ4n) is 1.97. The Morgan fingerprint density at radius 1 is 1.10 bits per heavy atom. The number of methoxy groups -OCH3 is 1. The molecule has 0 N–H and O–H groups in total. The molecule has 2 nitrogen and oxygen atoms in total. The van der Waals surface area contributed by atoms with E-state index in [4.69, 9.17) is 4.74 Å². The highest BCUT2D eigenvalue weighted by molar-refractivity contribution is 6.00. The summed E-state index contributed by atoms with van der Waals surface area (Å²) in [4.78, 5) is 12.2. The van der Waals surface area contributed by atoms with Gasteiger partial charge in [-0.15, -0.1) is 0 Å². The maximum atomic E-state index is 13.1. The number of Topliss-reactive ketones (excluding diaryl/α,β-unsaturated/α-hetero) is 1. The van der Waals surface area contributed by atoms with Crippen LogP contribution in [0, 0.1) is 18.6 Å². The number of hydrogen-bond donors (Lipinski definition) is 0. The van der Waals surface area contributed by atoms with E-state index in [0.717, 1.165) is 17.7 Å². The standard InChI is InChI=1S/C16H14F2O2/c1-10-3-6-16(20-2)12(7-10)15(19)9-11-4-5-13(17)14(18)8-11/h3-8H,9H2,1-2H3. The van der Waals surface area contributed by atoms with Crippen molar-refractivity contribution in [2.75, 3.05) is 7.11 Å². The lowest BCUT2D eigenvalue weighted by atomic mass is 10.0. The van der Waals surface area contributed by atoms with Gasteiger partial charge in [-0.1, -0.05) is 17.7 Å². The molecule has 2 rings (SSSR count). The lowest BCUT2D eigenvalue weighted by Crippen LogP contribution is -2.06. The van der Waals surface area contributed by atoms with Gasteiger partial charge in [-0.3, -0.25) is 4.79 Å². The molecule has 2 aromatic carbocycles. The first kappa shape index (κ1) is 14.2. The molecule has 0 unspecified atom stereocenters. The third-order valence-corrected chi connectivity index (χ3v) is 3.00. The number of rotatable bonds is 4. The summed E-state index contributed by atoms with van der Waals surface area (Å²) in [5.74, 6) is -1.60. The van der Waals surface area contributed by atoms with Crippen molar-refractivity contribution in [3.05, 3.63) is 64.7 Å². The first-order valence-corrected chi connectivity index (χ1v) is 6.13. The Hall–Kier alpha value is -2.23. The molecule has 0 amide bonds. The van der Waals surface area contributed by atoms with Gasteiger partial charge in [-0.05, 0) is 36.8 Å². The van der Waals surface area contributed by atoms with Crippen molar-refractivity contribution in [2.24, 2.45) is 0 Å². The van der Waals surface area contributed by atoms with E-state index < -0.39 is 11.6 Å². The third kappa shape index (κ3) is 3.02. The van der Waals surface area contributed by atoms with Crippen molar-refractivity contribution in [1.82, 2.24) is 0 Å². The Balaban J connectivity index is 2.27. The van der Waals surface area contributed by atoms with E-state index in [1.165, 1.54) is 13.2 Å². The molecule has 20 heavy (non-hydrogen) atoms. The molecule has 0 aliphatic carbocycles. The van der Waals surface area contributed by atoms with E-state index in [1.54, 1.807) is 12.1 Å². The summed E-state index contributed by atoms with van der Waals surface area (Å²) < 4.78 is 31.1. The van der Waals surface area contributed by atoms with Gasteiger partial charge in [0, 0.05) is 6.42 Å². The normalized spacial score (nSPS) is 10.4. The maximum Gasteiger partial charge on any atom is 0.170 e. The van der Waals surface area contributed by atoms with Gasteiger partial charge in [-0.25, -0.2) is 8.78 Å². The number of ether oxygens (including phenoxy) is 1. The van der Waals surface area contributed by atoms with Gasteiger partial charge in [-0.2, -0.15) is 0 Å². The second-order valence-electron chi connectivity index (χ2n) is 4.55. The maximum absolute atomic E-state index is 13.1. The van der Waals surface area contributed by atoms with Gasteiger partial charge in [0.15, 0.2) is 17.4 Å². The molecule has 0 aliphatic rings. The van der Waals surface area contributed by atoms with Crippen LogP contribution in [0.2, 0.25) is 0 Å². The van der Waals surface area contributed by atoms with E-state index in [9.17, 15) is 13.6 Å². The predicted molar refractivity (Wildman–Crippen MR) is 72.1 cm³/mol. The number of halogens is 2. The van der Waals surface area contributed by atoms with Crippen LogP contribution in [-0.4, -0.2) is 12.9 Å². The van der Waals surface area contributed by atoms with Crippen LogP contribution in [0.5, 0.6) is 5.75 Å². The van der Waals surface area contributed by atoms with E-state index in [1.807, 2.05) is 13.0 Å². The minimum absolute atomic E-state index is 0.00296. The fourth-order valence-corrected chi connectivity index (χ4v) is 1.97. The Kier molecular flexibility index (Phi) is 4.13. The van der Waals surface area contributed by atoms with E-state index >= 15 is 0 Å². The molecular weight excluding hydrogens is 262 g/mol. The highest BCUT2D eigenvalue weighted by atomic mass is 19.2. The Bertz CT molecular complexity index is 651. The minimum atomic E-state index is -0.952. The van der Waals surface area contributed by atoms with E-state index in [0.29, 0.717) is 16.9 Å². The Morgan fingerprint density at radius 3 is 2.50 bits per heavy atom. The van der Waals surface area contributed by atoms with Crippen LogP contribution in [0.1, 0.15) is 21.5 Å². The highest BCUT2D eigenvalue weighted by Gasteiger charge is 2.14. The molecule has 0 atom stereocenters. The van der Waals surface area contributed by atoms with Crippen LogP contribution in [0.3, 0.4) is 0 Å². The van der Waals surface area contributed by atoms with Crippen LogP contribution < -0.4 is 4.74 Å². The average Bonchev–Trinajstić information content (AvgIpc) is 2.43. The van der Waals surface area contributed by atoms with Gasteiger partial charge in [0.25, 0.3) is 0 Å². The van der Waals surface area contributed by atoms with Crippen molar-refractivity contribution in [3.8, 4) is 5.75 Å². The fraction of sp³-hybridized carbons (Fsp3) is 0.188. The first-order valence-electron chi connectivity index (χ1n) is 6.13. The smallest absolute Gasteiger partial charge is 0.170 e. The molecule has 0 aliphatic heterocycles. The molecular formula is C16H14F2O2. The van der Waals surface area contributed by atoms with Crippen LogP contribution >= 0.6 is 0 Å². The number of carbonyl (C=O) groups is 1. The SMILES string of the molecule is COc1ccc(C)cc1C(=O)Cc1ccc(F)c(F)c1. The predicted octanol–water partition coefficient (Wildman–Crippen LogP) is 3.71. The summed E-state index contributed by atoms with van der Waals surface area (Å²) in [5.41, 5.74) is 1.80. The van der Waals surface area contributed by atoms with Crippen LogP contribution in [0.25, 0.3) is 0 Å². The third-order valence-electron chi connectivity index (χ3n) is 3.00. The summed E-state index contributed by atoms with van der Waals surface area (Å²) in [6.07, 6.45) is -0.00296. The highest BCUT2D eigenvalue weighted by Crippen LogP contribution is 2.22. The second kappa shape index (κ2) is 5.82. The second-order valence-corrected chi connectivity index (χ2v) is 4.55. The van der Waals surface area contributed by atoms with E-state index in [-0.39, 0.29) is 12.2 Å². The Morgan fingerprint density at radius 2 is 1.85 bits per heavy atom. The van der Waals surface area contributed by atoms with Gasteiger partial charge in [0.2, 0.25) is 0 Å². The van der Waals surface area contributed by atoms with E-state index in [2.05, 4.69) is 0 Å². The van der Waals surface area contributed by atoms with Crippen molar-refractivity contribution in [1.29, 1.82) is 0 Å². The summed E-state index contributed by atoms with van der Waals surface area (Å²) in [6, 6.07) is 8.74. The average molecular weight is 276 g/mol. The molecule has 0 aromatic heterocycles. The number of hydrogen-bond acceptors (Lipinski definition) is 2. The molecule has 2 aromatic rings. The van der Waals surface area contributed by atoms with Crippen molar-refractivity contribution in [3.63, 3.8) is 0 Å². The summed E-state index contributed by atoms with van der Waals surface area (Å²) in [6.45, 7) is 1.87. The molecule has 4 heteroatoms. The van der Waals surface area contributed by atoms with Crippen molar-refractivity contribution in [2.45, 2.75) is 13.3 Å². The number of carbonyl (C=O) groups excluding carboxylic acids is 1. The monoisotopic (exact) mass is 276 g/mol. The van der Waals surface area contributed by atoms with Crippen molar-refractivity contribution < 1.29 is 18.3 Å². The summed E-state index contributed by atoms with van der Waals surface area (Å²) in [5, 5.41) is 0. The molecule has 0 bridgehead atoms. The molecule has 0 fully saturated rings. The zero-order chi connectivity index (χ0) is 14.7. The van der Waals surface area contributed by atoms with Gasteiger partial charge in [0.1, 0.15) is 5.75 Å². The summed E-state index contributed by atoms with van der Waals surface area (Å²) >= 11 is 0. The van der Waals surface area contributed by atoms with Crippen LogP contribution in [0.4, 0.5) is 8.78 Å². The molecule has 0 spiro atoms. The zero-order valence-corrected chi connectivity index (χ0v) is 11.2. The van der Waals surface area contributed by atoms with Gasteiger partial charge < -0.3 is 4.74 Å². The lowest BCUT2D eigenvalue weighted by Gasteiger charge is -2.09. The quantitative estimate of drug-likeness (QED) is 0.796. The molecule has 0 radical (unpaired) electrons. The number of ketones is 1. The largest absolute Gasteiger partial charge is 0.496 e. The van der Waals surface area contributed by atoms with Crippen LogP contribution in [0.15, 0.2) is 36.4 Å². The van der Waals surface area contributed by atoms with Gasteiger partial charge >= 0.3 is 0 Å². The molecule has 0 saturated heterocycles. The zero-order valence-electron chi connectivity index (χ0n) is 11.2. The summed E-state index contributed by atoms with van der Waals surface area (Å²) in [7, 11) is 1.49.